The molecule has 5 heteroatoms. The molecule has 0 bridgehead atoms. The van der Waals surface area contributed by atoms with Gasteiger partial charge in [0.1, 0.15) is 0 Å². The van der Waals surface area contributed by atoms with Crippen molar-refractivity contribution in [3.8, 4) is 0 Å². The zero-order valence-corrected chi connectivity index (χ0v) is 11.5. The van der Waals surface area contributed by atoms with Gasteiger partial charge in [-0.3, -0.25) is 0 Å². The first-order chi connectivity index (χ1) is 9.50. The number of benzene rings is 1. The van der Waals surface area contributed by atoms with Gasteiger partial charge in [-0.1, -0.05) is 31.7 Å². The number of rotatable bonds is 3. The standard InChI is InChI=1S/C15H21F3N2/c16-15(17,18)13-9-11(10-19)7-8-14(13)20-12-5-3-1-2-4-6-12/h7-9,12,20H,1-6,10,19H2. The molecule has 0 aliphatic heterocycles. The maximum absolute atomic E-state index is 13.1. The molecule has 0 spiro atoms. The lowest BCUT2D eigenvalue weighted by Gasteiger charge is -2.21. The highest BCUT2D eigenvalue weighted by Crippen LogP contribution is 2.36. The van der Waals surface area contributed by atoms with E-state index >= 15 is 0 Å². The van der Waals surface area contributed by atoms with Crippen LogP contribution < -0.4 is 11.1 Å². The molecular weight excluding hydrogens is 265 g/mol. The van der Waals surface area contributed by atoms with E-state index in [1.807, 2.05) is 0 Å². The SMILES string of the molecule is NCc1ccc(NC2CCCCCC2)c(C(F)(F)F)c1. The largest absolute Gasteiger partial charge is 0.418 e. The minimum Gasteiger partial charge on any atom is -0.382 e. The predicted molar refractivity (Wildman–Crippen MR) is 74.4 cm³/mol. The molecule has 1 aliphatic rings. The fourth-order valence-corrected chi connectivity index (χ4v) is 2.72. The van der Waals surface area contributed by atoms with E-state index in [4.69, 9.17) is 5.73 Å². The molecule has 2 rings (SSSR count). The van der Waals surface area contributed by atoms with Gasteiger partial charge < -0.3 is 11.1 Å². The van der Waals surface area contributed by atoms with Crippen molar-refractivity contribution in [1.29, 1.82) is 0 Å². The number of nitrogens with one attached hydrogen (secondary N) is 1. The van der Waals surface area contributed by atoms with Crippen LogP contribution in [0, 0.1) is 0 Å². The van der Waals surface area contributed by atoms with Crippen LogP contribution in [-0.2, 0) is 12.7 Å². The van der Waals surface area contributed by atoms with Gasteiger partial charge >= 0.3 is 6.18 Å². The van der Waals surface area contributed by atoms with Crippen LogP contribution in [0.2, 0.25) is 0 Å². The van der Waals surface area contributed by atoms with Gasteiger partial charge in [0.2, 0.25) is 0 Å². The molecule has 1 saturated carbocycles. The first-order valence-corrected chi connectivity index (χ1v) is 7.17. The third-order valence-corrected chi connectivity index (χ3v) is 3.84. The number of hydrogen-bond acceptors (Lipinski definition) is 2. The number of nitrogens with two attached hydrogens (primary N) is 1. The fourth-order valence-electron chi connectivity index (χ4n) is 2.72. The molecule has 0 radical (unpaired) electrons. The predicted octanol–water partition coefficient (Wildman–Crippen LogP) is 4.30. The summed E-state index contributed by atoms with van der Waals surface area (Å²) in [6, 6.07) is 4.46. The lowest BCUT2D eigenvalue weighted by Crippen LogP contribution is -2.21. The van der Waals surface area contributed by atoms with E-state index in [2.05, 4.69) is 5.32 Å². The zero-order chi connectivity index (χ0) is 14.6. The van der Waals surface area contributed by atoms with Crippen LogP contribution in [0.3, 0.4) is 0 Å². The molecule has 112 valence electrons. The van der Waals surface area contributed by atoms with E-state index in [-0.39, 0.29) is 18.3 Å². The van der Waals surface area contributed by atoms with Crippen molar-refractivity contribution >= 4 is 5.69 Å². The normalized spacial score (nSPS) is 17.8. The molecule has 1 aliphatic carbocycles. The molecule has 0 heterocycles. The monoisotopic (exact) mass is 286 g/mol. The van der Waals surface area contributed by atoms with Crippen molar-refractivity contribution in [2.45, 2.75) is 57.3 Å². The van der Waals surface area contributed by atoms with Crippen LogP contribution in [0.15, 0.2) is 18.2 Å². The highest BCUT2D eigenvalue weighted by atomic mass is 19.4. The summed E-state index contributed by atoms with van der Waals surface area (Å²) in [5.41, 5.74) is 5.51. The second-order valence-corrected chi connectivity index (χ2v) is 5.41. The second kappa shape index (κ2) is 6.48. The molecule has 0 saturated heterocycles. The van der Waals surface area contributed by atoms with Crippen molar-refractivity contribution in [2.24, 2.45) is 5.73 Å². The third-order valence-electron chi connectivity index (χ3n) is 3.84. The van der Waals surface area contributed by atoms with E-state index in [1.165, 1.54) is 18.9 Å². The Morgan fingerprint density at radius 3 is 2.30 bits per heavy atom. The summed E-state index contributed by atoms with van der Waals surface area (Å²) in [6.07, 6.45) is 2.05. The van der Waals surface area contributed by atoms with Gasteiger partial charge in [0.15, 0.2) is 0 Å². The molecular formula is C15H21F3N2. The van der Waals surface area contributed by atoms with Gasteiger partial charge in [0.05, 0.1) is 5.56 Å². The van der Waals surface area contributed by atoms with Crippen molar-refractivity contribution in [3.05, 3.63) is 29.3 Å². The Kier molecular flexibility index (Phi) is 4.91. The summed E-state index contributed by atoms with van der Waals surface area (Å²) >= 11 is 0. The average Bonchev–Trinajstić information content (AvgIpc) is 2.66. The Labute approximate surface area is 117 Å². The summed E-state index contributed by atoms with van der Waals surface area (Å²) < 4.78 is 39.4. The number of alkyl halides is 3. The van der Waals surface area contributed by atoms with Gasteiger partial charge in [-0.15, -0.1) is 0 Å². The molecule has 3 N–H and O–H groups in total. The fraction of sp³-hybridized carbons (Fsp3) is 0.600. The highest BCUT2D eigenvalue weighted by molar-refractivity contribution is 5.55. The van der Waals surface area contributed by atoms with Crippen LogP contribution >= 0.6 is 0 Å². The van der Waals surface area contributed by atoms with E-state index < -0.39 is 11.7 Å². The van der Waals surface area contributed by atoms with Gasteiger partial charge in [-0.05, 0) is 30.5 Å². The molecule has 20 heavy (non-hydrogen) atoms. The van der Waals surface area contributed by atoms with Crippen LogP contribution in [0.1, 0.15) is 49.7 Å². The lowest BCUT2D eigenvalue weighted by molar-refractivity contribution is -0.137. The van der Waals surface area contributed by atoms with Gasteiger partial charge in [-0.2, -0.15) is 13.2 Å². The van der Waals surface area contributed by atoms with Gasteiger partial charge in [-0.25, -0.2) is 0 Å². The summed E-state index contributed by atoms with van der Waals surface area (Å²) in [5, 5.41) is 3.09. The zero-order valence-electron chi connectivity index (χ0n) is 11.5. The molecule has 0 aromatic heterocycles. The summed E-state index contributed by atoms with van der Waals surface area (Å²) in [6.45, 7) is 0.118. The number of hydrogen-bond donors (Lipinski definition) is 2. The van der Waals surface area contributed by atoms with Crippen LogP contribution in [0.4, 0.5) is 18.9 Å². The molecule has 0 unspecified atom stereocenters. The number of anilines is 1. The summed E-state index contributed by atoms with van der Waals surface area (Å²) in [5.74, 6) is 0. The van der Waals surface area contributed by atoms with E-state index in [0.29, 0.717) is 5.56 Å². The molecule has 0 amide bonds. The van der Waals surface area contributed by atoms with Crippen LogP contribution in [0.5, 0.6) is 0 Å². The maximum Gasteiger partial charge on any atom is 0.418 e. The molecule has 1 aromatic rings. The third kappa shape index (κ3) is 3.88. The van der Waals surface area contributed by atoms with Gasteiger partial charge in [0.25, 0.3) is 0 Å². The first-order valence-electron chi connectivity index (χ1n) is 7.17. The first kappa shape index (κ1) is 15.2. The second-order valence-electron chi connectivity index (χ2n) is 5.41. The quantitative estimate of drug-likeness (QED) is 0.813. The highest BCUT2D eigenvalue weighted by Gasteiger charge is 2.34. The van der Waals surface area contributed by atoms with Crippen molar-refractivity contribution in [3.63, 3.8) is 0 Å². The minimum absolute atomic E-state index is 0.118. The summed E-state index contributed by atoms with van der Waals surface area (Å²) in [4.78, 5) is 0. The molecule has 2 nitrogen and oxygen atoms in total. The lowest BCUT2D eigenvalue weighted by atomic mass is 10.0. The molecule has 0 atom stereocenters. The van der Waals surface area contributed by atoms with E-state index in [9.17, 15) is 13.2 Å². The summed E-state index contributed by atoms with van der Waals surface area (Å²) in [7, 11) is 0. The van der Waals surface area contributed by atoms with Crippen LogP contribution in [-0.4, -0.2) is 6.04 Å². The molecule has 1 fully saturated rings. The van der Waals surface area contributed by atoms with Crippen LogP contribution in [0.25, 0.3) is 0 Å². The Morgan fingerprint density at radius 2 is 1.75 bits per heavy atom. The Bertz CT molecular complexity index is 435. The van der Waals surface area contributed by atoms with Crippen molar-refractivity contribution < 1.29 is 13.2 Å². The average molecular weight is 286 g/mol. The molecule has 1 aromatic carbocycles. The smallest absolute Gasteiger partial charge is 0.382 e. The maximum atomic E-state index is 13.1. The van der Waals surface area contributed by atoms with Crippen molar-refractivity contribution in [1.82, 2.24) is 0 Å². The Balaban J connectivity index is 2.21. The van der Waals surface area contributed by atoms with E-state index in [1.54, 1.807) is 6.07 Å². The minimum atomic E-state index is -4.35. The van der Waals surface area contributed by atoms with Crippen molar-refractivity contribution in [2.75, 3.05) is 5.32 Å². The topological polar surface area (TPSA) is 38.0 Å². The Hall–Kier alpha value is -1.23. The van der Waals surface area contributed by atoms with Gasteiger partial charge in [0, 0.05) is 18.3 Å². The number of halogens is 3. The Morgan fingerprint density at radius 1 is 1.10 bits per heavy atom. The van der Waals surface area contributed by atoms with E-state index in [0.717, 1.165) is 31.7 Å².